The van der Waals surface area contributed by atoms with Gasteiger partial charge in [0, 0.05) is 20.0 Å². The number of carbonyl (C=O) groups excluding carboxylic acids is 3. The number of hydrogen-bond acceptors (Lipinski definition) is 5. The van der Waals surface area contributed by atoms with E-state index in [1.54, 1.807) is 23.3 Å². The smallest absolute Gasteiger partial charge is 0.233 e. The van der Waals surface area contributed by atoms with E-state index in [0.29, 0.717) is 19.4 Å². The van der Waals surface area contributed by atoms with Crippen molar-refractivity contribution < 1.29 is 14.4 Å². The third kappa shape index (κ3) is 3.39. The Morgan fingerprint density at radius 3 is 2.52 bits per heavy atom. The average molecular weight is 383 g/mol. The summed E-state index contributed by atoms with van der Waals surface area (Å²) < 4.78 is 1.10. The number of fused-ring (bicyclic) bond motifs is 2. The van der Waals surface area contributed by atoms with Gasteiger partial charge in [-0.25, -0.2) is 4.98 Å². The Morgan fingerprint density at radius 2 is 1.85 bits per heavy atom. The highest BCUT2D eigenvalue weighted by atomic mass is 32.1. The molecule has 2 aliphatic rings. The average Bonchev–Trinajstić information content (AvgIpc) is 3.19. The first-order chi connectivity index (χ1) is 13.0. The van der Waals surface area contributed by atoms with Gasteiger partial charge >= 0.3 is 0 Å². The van der Waals surface area contributed by atoms with E-state index in [-0.39, 0.29) is 42.5 Å². The van der Waals surface area contributed by atoms with Crippen LogP contribution in [0.4, 0.5) is 0 Å². The fourth-order valence-corrected chi connectivity index (χ4v) is 4.79. The van der Waals surface area contributed by atoms with E-state index in [2.05, 4.69) is 4.98 Å². The van der Waals surface area contributed by atoms with Crippen LogP contribution in [0.25, 0.3) is 10.2 Å². The first-order valence-corrected chi connectivity index (χ1v) is 9.95. The predicted molar refractivity (Wildman–Crippen MR) is 103 cm³/mol. The Bertz CT molecular complexity index is 876. The maximum Gasteiger partial charge on any atom is 0.233 e. The van der Waals surface area contributed by atoms with Crippen LogP contribution in [0.2, 0.25) is 0 Å². The molecule has 1 fully saturated rings. The van der Waals surface area contributed by atoms with Gasteiger partial charge < -0.3 is 4.90 Å². The molecule has 7 heteroatoms. The lowest BCUT2D eigenvalue weighted by Gasteiger charge is -2.18. The van der Waals surface area contributed by atoms with E-state index in [1.807, 2.05) is 36.4 Å². The van der Waals surface area contributed by atoms with Crippen molar-refractivity contribution in [1.29, 1.82) is 0 Å². The standard InChI is InChI=1S/C20H21N3O3S/c1-22(12-17-21-15-8-4-5-9-16(15)27-17)18(24)10-11-23-19(25)13-6-2-3-7-14(13)20(23)26/h2-5,8-9,13-14H,6-7,10-12H2,1H3/t13-,14+. The minimum absolute atomic E-state index is 0.0946. The lowest BCUT2D eigenvalue weighted by atomic mass is 9.85. The van der Waals surface area contributed by atoms with Crippen LogP contribution >= 0.6 is 11.3 Å². The SMILES string of the molecule is CN(Cc1nc2ccccc2s1)C(=O)CCN1C(=O)[C@H]2CC=CC[C@H]2C1=O. The molecule has 3 amide bonds. The molecule has 4 rings (SSSR count). The molecule has 1 aromatic carbocycles. The van der Waals surface area contributed by atoms with Crippen molar-refractivity contribution in [1.82, 2.24) is 14.8 Å². The van der Waals surface area contributed by atoms with E-state index in [4.69, 9.17) is 0 Å². The molecule has 1 aliphatic carbocycles. The van der Waals surface area contributed by atoms with Gasteiger partial charge in [-0.1, -0.05) is 24.3 Å². The zero-order valence-electron chi connectivity index (χ0n) is 15.1. The summed E-state index contributed by atoms with van der Waals surface area (Å²) in [5.74, 6) is -0.828. The molecule has 6 nitrogen and oxygen atoms in total. The second-order valence-electron chi connectivity index (χ2n) is 7.06. The molecular weight excluding hydrogens is 362 g/mol. The lowest BCUT2D eigenvalue weighted by Crippen LogP contribution is -2.36. The third-order valence-electron chi connectivity index (χ3n) is 5.28. The number of thiazole rings is 1. The van der Waals surface area contributed by atoms with Crippen molar-refractivity contribution in [2.75, 3.05) is 13.6 Å². The first kappa shape index (κ1) is 17.9. The summed E-state index contributed by atoms with van der Waals surface area (Å²) in [5.41, 5.74) is 0.933. The largest absolute Gasteiger partial charge is 0.339 e. The number of amides is 3. The number of imide groups is 1. The Hall–Kier alpha value is -2.54. The van der Waals surface area contributed by atoms with E-state index in [1.165, 1.54) is 4.90 Å². The number of carbonyl (C=O) groups is 3. The summed E-state index contributed by atoms with van der Waals surface area (Å²) in [6.07, 6.45) is 5.32. The predicted octanol–water partition coefficient (Wildman–Crippen LogP) is 2.60. The summed E-state index contributed by atoms with van der Waals surface area (Å²) >= 11 is 1.57. The molecule has 1 aromatic heterocycles. The summed E-state index contributed by atoms with van der Waals surface area (Å²) in [5, 5.41) is 0.873. The van der Waals surface area contributed by atoms with Gasteiger partial charge in [-0.3, -0.25) is 19.3 Å². The number of nitrogens with zero attached hydrogens (tertiary/aromatic N) is 3. The molecule has 2 heterocycles. The number of aromatic nitrogens is 1. The van der Waals surface area contributed by atoms with Crippen molar-refractivity contribution in [2.45, 2.75) is 25.8 Å². The maximum atomic E-state index is 12.5. The molecule has 1 saturated heterocycles. The number of likely N-dealkylation sites (tertiary alicyclic amines) is 1. The molecule has 140 valence electrons. The van der Waals surface area contributed by atoms with Crippen molar-refractivity contribution in [3.63, 3.8) is 0 Å². The van der Waals surface area contributed by atoms with E-state index < -0.39 is 0 Å². The summed E-state index contributed by atoms with van der Waals surface area (Å²) in [6.45, 7) is 0.586. The quantitative estimate of drug-likeness (QED) is 0.588. The minimum Gasteiger partial charge on any atom is -0.339 e. The van der Waals surface area contributed by atoms with Crippen LogP contribution in [-0.2, 0) is 20.9 Å². The normalized spacial score (nSPS) is 21.7. The number of rotatable bonds is 5. The maximum absolute atomic E-state index is 12.5. The molecule has 27 heavy (non-hydrogen) atoms. The Balaban J connectivity index is 1.35. The summed E-state index contributed by atoms with van der Waals surface area (Å²) in [6, 6.07) is 7.88. The summed E-state index contributed by atoms with van der Waals surface area (Å²) in [4.78, 5) is 44.8. The highest BCUT2D eigenvalue weighted by Crippen LogP contribution is 2.35. The van der Waals surface area contributed by atoms with Crippen LogP contribution in [0.3, 0.4) is 0 Å². The summed E-state index contributed by atoms with van der Waals surface area (Å²) in [7, 11) is 1.73. The van der Waals surface area contributed by atoms with E-state index in [0.717, 1.165) is 15.2 Å². The fraction of sp³-hybridized carbons (Fsp3) is 0.400. The highest BCUT2D eigenvalue weighted by molar-refractivity contribution is 7.18. The first-order valence-electron chi connectivity index (χ1n) is 9.13. The molecular formula is C20H21N3O3S. The zero-order chi connectivity index (χ0) is 19.0. The van der Waals surface area contributed by atoms with Gasteiger partial charge in [0.05, 0.1) is 28.6 Å². The second kappa shape index (κ2) is 7.23. The highest BCUT2D eigenvalue weighted by Gasteiger charge is 2.46. The monoisotopic (exact) mass is 383 g/mol. The molecule has 2 aromatic rings. The Labute approximate surface area is 161 Å². The molecule has 0 radical (unpaired) electrons. The number of hydrogen-bond donors (Lipinski definition) is 0. The molecule has 2 atom stereocenters. The van der Waals surface area contributed by atoms with Crippen LogP contribution < -0.4 is 0 Å². The number of benzene rings is 1. The van der Waals surface area contributed by atoms with Gasteiger partial charge in [0.15, 0.2) is 0 Å². The zero-order valence-corrected chi connectivity index (χ0v) is 15.9. The van der Waals surface area contributed by atoms with Crippen LogP contribution in [0.1, 0.15) is 24.3 Å². The van der Waals surface area contributed by atoms with Gasteiger partial charge in [-0.15, -0.1) is 11.3 Å². The van der Waals surface area contributed by atoms with Crippen LogP contribution in [-0.4, -0.2) is 46.1 Å². The Kier molecular flexibility index (Phi) is 4.78. The van der Waals surface area contributed by atoms with Crippen LogP contribution in [0.15, 0.2) is 36.4 Å². The molecule has 0 N–H and O–H groups in total. The van der Waals surface area contributed by atoms with Crippen LogP contribution in [0, 0.1) is 11.8 Å². The van der Waals surface area contributed by atoms with Gasteiger partial charge in [0.25, 0.3) is 0 Å². The molecule has 0 unspecified atom stereocenters. The van der Waals surface area contributed by atoms with E-state index >= 15 is 0 Å². The molecule has 0 bridgehead atoms. The van der Waals surface area contributed by atoms with Gasteiger partial charge in [0.2, 0.25) is 17.7 Å². The van der Waals surface area contributed by atoms with E-state index in [9.17, 15) is 14.4 Å². The number of para-hydroxylation sites is 1. The topological polar surface area (TPSA) is 70.6 Å². The minimum atomic E-state index is -0.238. The van der Waals surface area contributed by atoms with Gasteiger partial charge in [0.1, 0.15) is 5.01 Å². The fourth-order valence-electron chi connectivity index (χ4n) is 3.77. The Morgan fingerprint density at radius 1 is 1.19 bits per heavy atom. The van der Waals surface area contributed by atoms with Crippen molar-refractivity contribution in [3.05, 3.63) is 41.4 Å². The van der Waals surface area contributed by atoms with Crippen LogP contribution in [0.5, 0.6) is 0 Å². The third-order valence-corrected chi connectivity index (χ3v) is 6.31. The van der Waals surface area contributed by atoms with Crippen molar-refractivity contribution in [2.24, 2.45) is 11.8 Å². The number of allylic oxidation sites excluding steroid dienone is 2. The van der Waals surface area contributed by atoms with Crippen molar-refractivity contribution in [3.8, 4) is 0 Å². The second-order valence-corrected chi connectivity index (χ2v) is 8.17. The molecule has 0 spiro atoms. The molecule has 1 aliphatic heterocycles. The molecule has 0 saturated carbocycles. The van der Waals surface area contributed by atoms with Crippen molar-refractivity contribution >= 4 is 39.3 Å². The lowest BCUT2D eigenvalue weighted by molar-refractivity contribution is -0.140. The van der Waals surface area contributed by atoms with Gasteiger partial charge in [-0.05, 0) is 25.0 Å². The van der Waals surface area contributed by atoms with Gasteiger partial charge in [-0.2, -0.15) is 0 Å².